The van der Waals surface area contributed by atoms with E-state index in [0.29, 0.717) is 11.3 Å². The van der Waals surface area contributed by atoms with Crippen LogP contribution < -0.4 is 0 Å². The third-order valence-electron chi connectivity index (χ3n) is 2.82. The van der Waals surface area contributed by atoms with Crippen LogP contribution >= 0.6 is 0 Å². The van der Waals surface area contributed by atoms with Crippen LogP contribution in [0.15, 0.2) is 47.4 Å². The van der Waals surface area contributed by atoms with E-state index in [9.17, 15) is 8.42 Å². The van der Waals surface area contributed by atoms with Gasteiger partial charge in [-0.25, -0.2) is 8.42 Å². The highest BCUT2D eigenvalue weighted by Crippen LogP contribution is 2.24. The van der Waals surface area contributed by atoms with Gasteiger partial charge in [-0.05, 0) is 25.5 Å². The summed E-state index contributed by atoms with van der Waals surface area (Å²) >= 11 is 0. The maximum atomic E-state index is 12.4. The standard InChI is InChI=1S/C14H20O2S/c1-4-5-11-14(12(2)3)17(15,16)13-9-7-6-8-10-13/h6-10,14H,2,4-5,11H2,1,3H3. The van der Waals surface area contributed by atoms with Gasteiger partial charge in [0.05, 0.1) is 10.1 Å². The Morgan fingerprint density at radius 1 is 1.29 bits per heavy atom. The summed E-state index contributed by atoms with van der Waals surface area (Å²) in [5.41, 5.74) is 0.724. The number of hydrogen-bond donors (Lipinski definition) is 0. The minimum absolute atomic E-state index is 0.393. The van der Waals surface area contributed by atoms with E-state index in [1.165, 1.54) is 0 Å². The number of rotatable bonds is 6. The molecule has 94 valence electrons. The molecule has 0 fully saturated rings. The topological polar surface area (TPSA) is 34.1 Å². The first-order valence-electron chi connectivity index (χ1n) is 5.94. The summed E-state index contributed by atoms with van der Waals surface area (Å²) < 4.78 is 24.8. The molecule has 0 aromatic heterocycles. The van der Waals surface area contributed by atoms with Crippen molar-refractivity contribution in [3.05, 3.63) is 42.5 Å². The molecule has 1 aromatic carbocycles. The van der Waals surface area contributed by atoms with Crippen molar-refractivity contribution in [1.82, 2.24) is 0 Å². The predicted octanol–water partition coefficient (Wildman–Crippen LogP) is 3.60. The molecule has 17 heavy (non-hydrogen) atoms. The Labute approximate surface area is 104 Å². The molecule has 0 aliphatic heterocycles. The predicted molar refractivity (Wildman–Crippen MR) is 71.8 cm³/mol. The lowest BCUT2D eigenvalue weighted by molar-refractivity contribution is 0.575. The van der Waals surface area contributed by atoms with Crippen molar-refractivity contribution in [2.24, 2.45) is 0 Å². The average molecular weight is 252 g/mol. The molecule has 0 N–H and O–H groups in total. The van der Waals surface area contributed by atoms with Gasteiger partial charge in [0.1, 0.15) is 0 Å². The minimum Gasteiger partial charge on any atom is -0.223 e. The maximum Gasteiger partial charge on any atom is 0.185 e. The molecule has 1 atom stereocenters. The first kappa shape index (κ1) is 14.0. The molecular formula is C14H20O2S. The molecule has 3 heteroatoms. The summed E-state index contributed by atoms with van der Waals surface area (Å²) in [5, 5.41) is -0.454. The second kappa shape index (κ2) is 6.01. The maximum absolute atomic E-state index is 12.4. The van der Waals surface area contributed by atoms with Crippen LogP contribution in [0.5, 0.6) is 0 Å². The second-order valence-corrected chi connectivity index (χ2v) is 6.47. The van der Waals surface area contributed by atoms with Gasteiger partial charge in [0.2, 0.25) is 0 Å². The van der Waals surface area contributed by atoms with Gasteiger partial charge in [0.25, 0.3) is 0 Å². The zero-order valence-electron chi connectivity index (χ0n) is 10.5. The fourth-order valence-corrected chi connectivity index (χ4v) is 3.70. The highest BCUT2D eigenvalue weighted by Gasteiger charge is 2.27. The highest BCUT2D eigenvalue weighted by atomic mass is 32.2. The minimum atomic E-state index is -3.27. The number of sulfone groups is 1. The normalized spacial score (nSPS) is 13.3. The smallest absolute Gasteiger partial charge is 0.185 e. The summed E-state index contributed by atoms with van der Waals surface area (Å²) in [6.07, 6.45) is 2.56. The van der Waals surface area contributed by atoms with E-state index in [1.807, 2.05) is 6.07 Å². The molecule has 0 saturated carbocycles. The Morgan fingerprint density at radius 3 is 2.35 bits per heavy atom. The van der Waals surface area contributed by atoms with Crippen LogP contribution in [-0.2, 0) is 9.84 Å². The van der Waals surface area contributed by atoms with Gasteiger partial charge >= 0.3 is 0 Å². The fraction of sp³-hybridized carbons (Fsp3) is 0.429. The van der Waals surface area contributed by atoms with Crippen molar-refractivity contribution in [3.8, 4) is 0 Å². The Kier molecular flexibility index (Phi) is 4.94. The molecule has 0 aliphatic carbocycles. The van der Waals surface area contributed by atoms with Crippen LogP contribution in [0.4, 0.5) is 0 Å². The van der Waals surface area contributed by atoms with Crippen LogP contribution in [0, 0.1) is 0 Å². The first-order valence-corrected chi connectivity index (χ1v) is 7.49. The summed E-state index contributed by atoms with van der Waals surface area (Å²) in [7, 11) is -3.27. The molecule has 0 bridgehead atoms. The van der Waals surface area contributed by atoms with E-state index in [2.05, 4.69) is 13.5 Å². The Hall–Kier alpha value is -1.09. The largest absolute Gasteiger partial charge is 0.223 e. The van der Waals surface area contributed by atoms with Gasteiger partial charge in [0, 0.05) is 0 Å². The molecule has 0 amide bonds. The quantitative estimate of drug-likeness (QED) is 0.725. The lowest BCUT2D eigenvalue weighted by atomic mass is 10.1. The molecule has 1 unspecified atom stereocenters. The van der Waals surface area contributed by atoms with Gasteiger partial charge in [-0.1, -0.05) is 50.1 Å². The van der Waals surface area contributed by atoms with Crippen molar-refractivity contribution in [2.75, 3.05) is 0 Å². The third-order valence-corrected chi connectivity index (χ3v) is 5.13. The molecule has 0 heterocycles. The molecular weight excluding hydrogens is 232 g/mol. The third kappa shape index (κ3) is 3.43. The first-order chi connectivity index (χ1) is 8.00. The molecule has 0 radical (unpaired) electrons. The Balaban J connectivity index is 3.05. The Bertz CT molecular complexity index is 460. The van der Waals surface area contributed by atoms with Crippen molar-refractivity contribution in [1.29, 1.82) is 0 Å². The van der Waals surface area contributed by atoms with Crippen LogP contribution in [-0.4, -0.2) is 13.7 Å². The molecule has 0 saturated heterocycles. The van der Waals surface area contributed by atoms with Crippen LogP contribution in [0.1, 0.15) is 33.1 Å². The molecule has 0 spiro atoms. The van der Waals surface area contributed by atoms with Crippen molar-refractivity contribution < 1.29 is 8.42 Å². The van der Waals surface area contributed by atoms with E-state index in [-0.39, 0.29) is 0 Å². The summed E-state index contributed by atoms with van der Waals surface area (Å²) in [4.78, 5) is 0.393. The summed E-state index contributed by atoms with van der Waals surface area (Å²) in [6, 6.07) is 8.62. The van der Waals surface area contributed by atoms with E-state index in [0.717, 1.165) is 18.4 Å². The molecule has 1 rings (SSSR count). The Morgan fingerprint density at radius 2 is 1.88 bits per heavy atom. The van der Waals surface area contributed by atoms with Gasteiger partial charge in [-0.15, -0.1) is 0 Å². The van der Waals surface area contributed by atoms with Crippen molar-refractivity contribution in [2.45, 2.75) is 43.3 Å². The van der Waals surface area contributed by atoms with E-state index < -0.39 is 15.1 Å². The molecule has 2 nitrogen and oxygen atoms in total. The number of unbranched alkanes of at least 4 members (excludes halogenated alkanes) is 1. The van der Waals surface area contributed by atoms with Gasteiger partial charge in [-0.3, -0.25) is 0 Å². The van der Waals surface area contributed by atoms with Crippen molar-refractivity contribution >= 4 is 9.84 Å². The van der Waals surface area contributed by atoms with Crippen molar-refractivity contribution in [3.63, 3.8) is 0 Å². The summed E-state index contributed by atoms with van der Waals surface area (Å²) in [6.45, 7) is 7.67. The number of benzene rings is 1. The van der Waals surface area contributed by atoms with E-state index in [1.54, 1.807) is 31.2 Å². The van der Waals surface area contributed by atoms with E-state index >= 15 is 0 Å². The zero-order valence-corrected chi connectivity index (χ0v) is 11.3. The van der Waals surface area contributed by atoms with Crippen LogP contribution in [0.2, 0.25) is 0 Å². The molecule has 0 aliphatic rings. The zero-order chi connectivity index (χ0) is 12.9. The van der Waals surface area contributed by atoms with Crippen LogP contribution in [0.3, 0.4) is 0 Å². The van der Waals surface area contributed by atoms with Crippen LogP contribution in [0.25, 0.3) is 0 Å². The summed E-state index contributed by atoms with van der Waals surface area (Å²) in [5.74, 6) is 0. The molecule has 1 aromatic rings. The SMILES string of the molecule is C=C(C)C(CCCC)S(=O)(=O)c1ccccc1. The lowest BCUT2D eigenvalue weighted by Gasteiger charge is -2.17. The van der Waals surface area contributed by atoms with Gasteiger partial charge < -0.3 is 0 Å². The van der Waals surface area contributed by atoms with E-state index in [4.69, 9.17) is 0 Å². The monoisotopic (exact) mass is 252 g/mol. The average Bonchev–Trinajstić information content (AvgIpc) is 2.30. The fourth-order valence-electron chi connectivity index (χ4n) is 1.83. The second-order valence-electron chi connectivity index (χ2n) is 4.34. The van der Waals surface area contributed by atoms with Gasteiger partial charge in [-0.2, -0.15) is 0 Å². The highest BCUT2D eigenvalue weighted by molar-refractivity contribution is 7.92. The lowest BCUT2D eigenvalue weighted by Crippen LogP contribution is -2.22. The van der Waals surface area contributed by atoms with Gasteiger partial charge in [0.15, 0.2) is 9.84 Å². The number of hydrogen-bond acceptors (Lipinski definition) is 2.